The van der Waals surface area contributed by atoms with Crippen molar-refractivity contribution in [3.63, 3.8) is 0 Å². The molecular formula is C42H72O14. The molecule has 2 heterocycles. The Morgan fingerprint density at radius 3 is 1.98 bits per heavy atom. The molecule has 0 aromatic carbocycles. The van der Waals surface area contributed by atoms with Crippen LogP contribution in [-0.2, 0) is 18.9 Å². The van der Waals surface area contributed by atoms with E-state index in [2.05, 4.69) is 26.8 Å². The average molecular weight is 801 g/mol. The van der Waals surface area contributed by atoms with Crippen molar-refractivity contribution in [1.82, 2.24) is 0 Å². The van der Waals surface area contributed by atoms with Crippen LogP contribution in [0, 0.1) is 45.3 Å². The third-order valence-electron chi connectivity index (χ3n) is 16.5. The Bertz CT molecular complexity index is 1400. The minimum atomic E-state index is -1.81. The average Bonchev–Trinajstić information content (AvgIpc) is 3.51. The van der Waals surface area contributed by atoms with Crippen LogP contribution in [0.2, 0.25) is 0 Å². The highest BCUT2D eigenvalue weighted by atomic mass is 16.8. The van der Waals surface area contributed by atoms with Gasteiger partial charge in [0.1, 0.15) is 48.8 Å². The van der Waals surface area contributed by atoms with Crippen molar-refractivity contribution < 1.29 is 70.0 Å². The van der Waals surface area contributed by atoms with Crippen LogP contribution >= 0.6 is 0 Å². The van der Waals surface area contributed by atoms with Crippen LogP contribution in [-0.4, -0.2) is 150 Å². The van der Waals surface area contributed by atoms with Gasteiger partial charge in [-0.25, -0.2) is 0 Å². The fourth-order valence-electron chi connectivity index (χ4n) is 13.4. The maximum absolute atomic E-state index is 12.3. The van der Waals surface area contributed by atoms with Crippen LogP contribution in [0.1, 0.15) is 107 Å². The summed E-state index contributed by atoms with van der Waals surface area (Å²) in [5.74, 6) is -0.623. The molecule has 4 saturated carbocycles. The zero-order chi connectivity index (χ0) is 41.5. The Morgan fingerprint density at radius 1 is 0.768 bits per heavy atom. The van der Waals surface area contributed by atoms with Crippen LogP contribution < -0.4 is 0 Å². The predicted octanol–water partition coefficient (Wildman–Crippen LogP) is 1.12. The van der Waals surface area contributed by atoms with Gasteiger partial charge in [0.05, 0.1) is 37.1 Å². The number of aliphatic hydroxyl groups excluding tert-OH is 9. The number of ether oxygens (including phenoxy) is 4. The summed E-state index contributed by atoms with van der Waals surface area (Å²) in [6, 6.07) is 0. The molecular weight excluding hydrogens is 728 g/mol. The van der Waals surface area contributed by atoms with E-state index >= 15 is 0 Å². The summed E-state index contributed by atoms with van der Waals surface area (Å²) in [6.45, 7) is 15.5. The van der Waals surface area contributed by atoms with Gasteiger partial charge in [-0.15, -0.1) is 0 Å². The van der Waals surface area contributed by atoms with Gasteiger partial charge in [0.15, 0.2) is 12.6 Å². The minimum Gasteiger partial charge on any atom is -0.394 e. The number of rotatable bonds is 10. The van der Waals surface area contributed by atoms with Crippen molar-refractivity contribution in [3.8, 4) is 0 Å². The fraction of sp³-hybridized carbons (Fsp3) is 0.952. The number of allylic oxidation sites excluding steroid dienone is 2. The first-order valence-electron chi connectivity index (χ1n) is 21.0. The van der Waals surface area contributed by atoms with Crippen LogP contribution in [0.15, 0.2) is 11.6 Å². The highest BCUT2D eigenvalue weighted by molar-refractivity contribution is 5.22. The van der Waals surface area contributed by atoms with E-state index in [0.717, 1.165) is 19.3 Å². The van der Waals surface area contributed by atoms with Gasteiger partial charge in [0.2, 0.25) is 0 Å². The molecule has 6 aliphatic rings. The van der Waals surface area contributed by atoms with Crippen molar-refractivity contribution in [2.75, 3.05) is 13.2 Å². The molecule has 14 nitrogen and oxygen atoms in total. The van der Waals surface area contributed by atoms with Crippen molar-refractivity contribution in [2.24, 2.45) is 45.3 Å². The third-order valence-corrected chi connectivity index (χ3v) is 16.5. The molecule has 6 fully saturated rings. The van der Waals surface area contributed by atoms with E-state index in [4.69, 9.17) is 18.9 Å². The molecule has 21 atom stereocenters. The lowest BCUT2D eigenvalue weighted by atomic mass is 9.34. The Kier molecular flexibility index (Phi) is 12.7. The predicted molar refractivity (Wildman–Crippen MR) is 202 cm³/mol. The monoisotopic (exact) mass is 800 g/mol. The first-order chi connectivity index (χ1) is 26.0. The topological polar surface area (TPSA) is 239 Å². The fourth-order valence-corrected chi connectivity index (χ4v) is 13.4. The molecule has 56 heavy (non-hydrogen) atoms. The second kappa shape index (κ2) is 15.9. The zero-order valence-electron chi connectivity index (χ0n) is 34.6. The van der Waals surface area contributed by atoms with Gasteiger partial charge in [0.25, 0.3) is 0 Å². The standard InChI is InChI=1S/C42H72O14/c1-20(2)10-9-13-42(8,52)21-11-15-40(6)28(21)22(45)16-26-39(5)14-12-27(46)38(3,4)35(39)23(17-41(26,40)7)53-37-34(32(50)30(48)25(19-44)55-37)56-36-33(51)31(49)29(47)24(18-43)54-36/h10,21-37,43-52H,9,11-19H2,1-8H3/t21-,22+,23-,24+,25+,26?,27-,28?,29+,30+,31-,32-,33+,34+,35-,36-,37+,39+,40+,41+,42-/m0/s1. The van der Waals surface area contributed by atoms with Gasteiger partial charge in [0, 0.05) is 0 Å². The Labute approximate surface area is 331 Å². The molecule has 0 spiro atoms. The lowest BCUT2D eigenvalue weighted by molar-refractivity contribution is -0.383. The number of hydrogen-bond acceptors (Lipinski definition) is 14. The second-order valence-corrected chi connectivity index (χ2v) is 20.3. The number of fused-ring (bicyclic) bond motifs is 5. The molecule has 0 aromatic heterocycles. The van der Waals surface area contributed by atoms with E-state index in [-0.39, 0.29) is 23.7 Å². The SMILES string of the molecule is CC(C)=CCC[C@](C)(O)[C@H]1CC[C@]2(C)C1[C@H](O)CC1[C@@]3(C)CC[C@H](O)C(C)(C)[C@@H]3[C@@H](O[C@@H]3O[C@H](CO)[C@@H](O)[C@H](O)[C@H]3O[C@@H]3O[C@H](CO)[C@@H](O)[C@H](O)[C@H]3O)C[C@]12C. The van der Waals surface area contributed by atoms with E-state index in [0.29, 0.717) is 32.1 Å². The van der Waals surface area contributed by atoms with E-state index in [1.54, 1.807) is 0 Å². The lowest BCUT2D eigenvalue weighted by Gasteiger charge is -2.72. The summed E-state index contributed by atoms with van der Waals surface area (Å²) in [4.78, 5) is 0. The first-order valence-corrected chi connectivity index (χ1v) is 21.0. The molecule has 10 N–H and O–H groups in total. The summed E-state index contributed by atoms with van der Waals surface area (Å²) in [7, 11) is 0. The smallest absolute Gasteiger partial charge is 0.187 e. The second-order valence-electron chi connectivity index (χ2n) is 20.3. The molecule has 4 aliphatic carbocycles. The molecule has 2 unspecified atom stereocenters. The van der Waals surface area contributed by atoms with Gasteiger partial charge in [-0.2, -0.15) is 0 Å². The maximum atomic E-state index is 12.3. The molecule has 2 aliphatic heterocycles. The van der Waals surface area contributed by atoms with E-state index in [1.165, 1.54) is 5.57 Å². The summed E-state index contributed by atoms with van der Waals surface area (Å²) < 4.78 is 24.9. The van der Waals surface area contributed by atoms with Crippen molar-refractivity contribution in [3.05, 3.63) is 11.6 Å². The first kappa shape index (κ1) is 44.7. The number of aliphatic hydroxyl groups is 10. The molecule has 2 saturated heterocycles. The summed E-state index contributed by atoms with van der Waals surface area (Å²) >= 11 is 0. The third kappa shape index (κ3) is 7.16. The van der Waals surface area contributed by atoms with Gasteiger partial charge in [-0.1, -0.05) is 46.3 Å². The van der Waals surface area contributed by atoms with Crippen LogP contribution in [0.4, 0.5) is 0 Å². The van der Waals surface area contributed by atoms with Crippen molar-refractivity contribution in [2.45, 2.75) is 192 Å². The lowest BCUT2D eigenvalue weighted by Crippen LogP contribution is -2.71. The maximum Gasteiger partial charge on any atom is 0.187 e. The molecule has 0 amide bonds. The molecule has 14 heteroatoms. The van der Waals surface area contributed by atoms with E-state index < -0.39 is 120 Å². The minimum absolute atomic E-state index is 0.0169. The molecule has 0 bridgehead atoms. The molecule has 6 rings (SSSR count). The van der Waals surface area contributed by atoms with Gasteiger partial charge in [-0.3, -0.25) is 0 Å². The Morgan fingerprint density at radius 2 is 1.38 bits per heavy atom. The van der Waals surface area contributed by atoms with Gasteiger partial charge < -0.3 is 70.0 Å². The molecule has 0 aromatic rings. The highest BCUT2D eigenvalue weighted by Gasteiger charge is 2.73. The molecule has 0 radical (unpaired) electrons. The van der Waals surface area contributed by atoms with Crippen LogP contribution in [0.5, 0.6) is 0 Å². The van der Waals surface area contributed by atoms with E-state index in [9.17, 15) is 51.1 Å². The van der Waals surface area contributed by atoms with Crippen LogP contribution in [0.25, 0.3) is 0 Å². The van der Waals surface area contributed by atoms with E-state index in [1.807, 2.05) is 34.6 Å². The largest absolute Gasteiger partial charge is 0.394 e. The molecule has 324 valence electrons. The highest BCUT2D eigenvalue weighted by Crippen LogP contribution is 2.76. The summed E-state index contributed by atoms with van der Waals surface area (Å²) in [5, 5.41) is 110. The normalized spacial score (nSPS) is 52.6. The quantitative estimate of drug-likeness (QED) is 0.110. The number of hydrogen-bond donors (Lipinski definition) is 10. The van der Waals surface area contributed by atoms with Crippen molar-refractivity contribution >= 4 is 0 Å². The zero-order valence-corrected chi connectivity index (χ0v) is 34.6. The van der Waals surface area contributed by atoms with Gasteiger partial charge in [-0.05, 0) is 117 Å². The Balaban J connectivity index is 1.38. The summed E-state index contributed by atoms with van der Waals surface area (Å²) in [5.41, 5.74) is -1.85. The Hall–Kier alpha value is -0.820. The van der Waals surface area contributed by atoms with Gasteiger partial charge >= 0.3 is 0 Å². The van der Waals surface area contributed by atoms with Crippen LogP contribution in [0.3, 0.4) is 0 Å². The van der Waals surface area contributed by atoms with Crippen molar-refractivity contribution in [1.29, 1.82) is 0 Å². The summed E-state index contributed by atoms with van der Waals surface area (Å²) in [6.07, 6.45) is -10.6.